The van der Waals surface area contributed by atoms with Crippen molar-refractivity contribution in [3.8, 4) is 0 Å². The van der Waals surface area contributed by atoms with E-state index in [2.05, 4.69) is 25.4 Å². The van der Waals surface area contributed by atoms with Crippen LogP contribution in [0.15, 0.2) is 0 Å². The Hall–Kier alpha value is -1.43. The molecule has 1 amide bonds. The Morgan fingerprint density at radius 3 is 3.15 bits per heavy atom. The summed E-state index contributed by atoms with van der Waals surface area (Å²) in [5.74, 6) is 2.03. The van der Waals surface area contributed by atoms with Crippen LogP contribution in [0, 0.1) is 0 Å². The maximum atomic E-state index is 12.3. The van der Waals surface area contributed by atoms with Gasteiger partial charge < -0.3 is 15.2 Å². The van der Waals surface area contributed by atoms with Gasteiger partial charge in [-0.15, -0.1) is 10.2 Å². The van der Waals surface area contributed by atoms with Gasteiger partial charge in [-0.25, -0.2) is 0 Å². The highest BCUT2D eigenvalue weighted by molar-refractivity contribution is 5.82. The number of nitrogens with zero attached hydrogens (tertiary/aromatic N) is 3. The van der Waals surface area contributed by atoms with E-state index in [1.54, 1.807) is 0 Å². The lowest BCUT2D eigenvalue weighted by Crippen LogP contribution is -2.44. The Morgan fingerprint density at radius 2 is 2.25 bits per heavy atom. The molecule has 3 heterocycles. The molecule has 0 saturated carbocycles. The Kier molecular flexibility index (Phi) is 4.00. The molecular formula is C14H23N5O. The SMILES string of the molecule is CC(NC(=O)C1CCCCCN1)c1nnc2n1CCC2. The molecule has 1 aromatic rings. The number of carbonyl (C=O) groups is 1. The van der Waals surface area contributed by atoms with Crippen molar-refractivity contribution < 1.29 is 4.79 Å². The smallest absolute Gasteiger partial charge is 0.237 e. The van der Waals surface area contributed by atoms with Crippen molar-refractivity contribution in [2.45, 2.75) is 64.1 Å². The Morgan fingerprint density at radius 1 is 1.35 bits per heavy atom. The van der Waals surface area contributed by atoms with Crippen molar-refractivity contribution in [2.24, 2.45) is 0 Å². The highest BCUT2D eigenvalue weighted by atomic mass is 16.2. The topological polar surface area (TPSA) is 71.8 Å². The Balaban J connectivity index is 1.62. The van der Waals surface area contributed by atoms with Crippen molar-refractivity contribution in [1.29, 1.82) is 0 Å². The molecule has 110 valence electrons. The van der Waals surface area contributed by atoms with E-state index in [9.17, 15) is 4.79 Å². The summed E-state index contributed by atoms with van der Waals surface area (Å²) in [6, 6.07) is -0.132. The number of nitrogens with one attached hydrogen (secondary N) is 2. The van der Waals surface area contributed by atoms with E-state index in [1.165, 1.54) is 6.42 Å². The van der Waals surface area contributed by atoms with Crippen molar-refractivity contribution in [3.05, 3.63) is 11.6 Å². The molecule has 2 unspecified atom stereocenters. The van der Waals surface area contributed by atoms with Gasteiger partial charge in [-0.05, 0) is 32.7 Å². The standard InChI is InChI=1S/C14H23N5O/c1-10(13-18-17-12-7-5-9-19(12)13)16-14(20)11-6-3-2-4-8-15-11/h10-11,15H,2-9H2,1H3,(H,16,20). The summed E-state index contributed by atoms with van der Waals surface area (Å²) >= 11 is 0. The van der Waals surface area contributed by atoms with E-state index in [1.807, 2.05) is 6.92 Å². The fourth-order valence-electron chi connectivity index (χ4n) is 3.12. The summed E-state index contributed by atoms with van der Waals surface area (Å²) in [4.78, 5) is 12.3. The minimum Gasteiger partial charge on any atom is -0.345 e. The maximum Gasteiger partial charge on any atom is 0.237 e. The minimum atomic E-state index is -0.0769. The van der Waals surface area contributed by atoms with E-state index in [0.717, 1.165) is 56.8 Å². The molecule has 1 aromatic heterocycles. The van der Waals surface area contributed by atoms with Gasteiger partial charge in [-0.3, -0.25) is 4.79 Å². The lowest BCUT2D eigenvalue weighted by Gasteiger charge is -2.19. The molecule has 6 heteroatoms. The summed E-state index contributed by atoms with van der Waals surface area (Å²) in [7, 11) is 0. The highest BCUT2D eigenvalue weighted by Gasteiger charge is 2.25. The van der Waals surface area contributed by atoms with Crippen LogP contribution in [0.1, 0.15) is 56.7 Å². The molecule has 2 atom stereocenters. The first-order valence-corrected chi connectivity index (χ1v) is 7.71. The number of hydrogen-bond donors (Lipinski definition) is 2. The summed E-state index contributed by atoms with van der Waals surface area (Å²) in [6.45, 7) is 3.90. The van der Waals surface area contributed by atoms with E-state index >= 15 is 0 Å². The number of amides is 1. The monoisotopic (exact) mass is 277 g/mol. The van der Waals surface area contributed by atoms with E-state index in [-0.39, 0.29) is 18.0 Å². The van der Waals surface area contributed by atoms with Gasteiger partial charge in [0, 0.05) is 13.0 Å². The fourth-order valence-corrected chi connectivity index (χ4v) is 3.12. The number of carbonyl (C=O) groups excluding carboxylic acids is 1. The van der Waals surface area contributed by atoms with Gasteiger partial charge in [-0.2, -0.15) is 0 Å². The first kappa shape index (κ1) is 13.5. The maximum absolute atomic E-state index is 12.3. The minimum absolute atomic E-state index is 0.0547. The van der Waals surface area contributed by atoms with Gasteiger partial charge in [0.25, 0.3) is 0 Å². The van der Waals surface area contributed by atoms with E-state index in [0.29, 0.717) is 0 Å². The zero-order valence-electron chi connectivity index (χ0n) is 12.1. The Bertz CT molecular complexity index is 476. The lowest BCUT2D eigenvalue weighted by atomic mass is 10.1. The summed E-state index contributed by atoms with van der Waals surface area (Å²) in [6.07, 6.45) is 6.55. The largest absolute Gasteiger partial charge is 0.345 e. The van der Waals surface area contributed by atoms with Gasteiger partial charge in [-0.1, -0.05) is 12.8 Å². The number of fused-ring (bicyclic) bond motifs is 1. The number of aromatic nitrogens is 3. The van der Waals surface area contributed by atoms with Crippen LogP contribution in [-0.4, -0.2) is 33.3 Å². The predicted octanol–water partition coefficient (Wildman–Crippen LogP) is 0.934. The molecule has 3 rings (SSSR count). The van der Waals surface area contributed by atoms with Crippen LogP contribution in [0.4, 0.5) is 0 Å². The van der Waals surface area contributed by atoms with Crippen molar-refractivity contribution in [3.63, 3.8) is 0 Å². The molecular weight excluding hydrogens is 254 g/mol. The molecule has 2 N–H and O–H groups in total. The van der Waals surface area contributed by atoms with Gasteiger partial charge >= 0.3 is 0 Å². The van der Waals surface area contributed by atoms with Crippen LogP contribution < -0.4 is 10.6 Å². The predicted molar refractivity (Wildman–Crippen MR) is 75.2 cm³/mol. The normalized spacial score (nSPS) is 23.9. The van der Waals surface area contributed by atoms with Crippen molar-refractivity contribution in [1.82, 2.24) is 25.4 Å². The van der Waals surface area contributed by atoms with Crippen LogP contribution >= 0.6 is 0 Å². The van der Waals surface area contributed by atoms with Crippen LogP contribution in [0.3, 0.4) is 0 Å². The van der Waals surface area contributed by atoms with Crippen LogP contribution in [0.2, 0.25) is 0 Å². The number of aryl methyl sites for hydroxylation is 1. The third kappa shape index (κ3) is 2.70. The van der Waals surface area contributed by atoms with Crippen LogP contribution in [-0.2, 0) is 17.8 Å². The van der Waals surface area contributed by atoms with Crippen molar-refractivity contribution in [2.75, 3.05) is 6.54 Å². The number of rotatable bonds is 3. The molecule has 0 aliphatic carbocycles. The zero-order valence-corrected chi connectivity index (χ0v) is 12.1. The second-order valence-electron chi connectivity index (χ2n) is 5.82. The summed E-state index contributed by atoms with van der Waals surface area (Å²) in [5.41, 5.74) is 0. The highest BCUT2D eigenvalue weighted by Crippen LogP contribution is 2.19. The van der Waals surface area contributed by atoms with Crippen LogP contribution in [0.25, 0.3) is 0 Å². The molecule has 2 aliphatic rings. The zero-order chi connectivity index (χ0) is 13.9. The summed E-state index contributed by atoms with van der Waals surface area (Å²) < 4.78 is 2.14. The lowest BCUT2D eigenvalue weighted by molar-refractivity contribution is -0.124. The molecule has 0 aromatic carbocycles. The average Bonchev–Trinajstić information content (AvgIpc) is 2.92. The molecule has 0 radical (unpaired) electrons. The average molecular weight is 277 g/mol. The quantitative estimate of drug-likeness (QED) is 0.862. The first-order chi connectivity index (χ1) is 9.75. The second kappa shape index (κ2) is 5.91. The van der Waals surface area contributed by atoms with Gasteiger partial charge in [0.1, 0.15) is 5.82 Å². The van der Waals surface area contributed by atoms with Gasteiger partial charge in [0.15, 0.2) is 5.82 Å². The van der Waals surface area contributed by atoms with Crippen LogP contribution in [0.5, 0.6) is 0 Å². The van der Waals surface area contributed by atoms with Crippen molar-refractivity contribution >= 4 is 5.91 Å². The molecule has 0 bridgehead atoms. The van der Waals surface area contributed by atoms with E-state index in [4.69, 9.17) is 0 Å². The molecule has 20 heavy (non-hydrogen) atoms. The summed E-state index contributed by atoms with van der Waals surface area (Å²) in [5, 5.41) is 14.8. The van der Waals surface area contributed by atoms with Gasteiger partial charge in [0.05, 0.1) is 12.1 Å². The molecule has 1 fully saturated rings. The van der Waals surface area contributed by atoms with Gasteiger partial charge in [0.2, 0.25) is 5.91 Å². The number of hydrogen-bond acceptors (Lipinski definition) is 4. The molecule has 6 nitrogen and oxygen atoms in total. The molecule has 0 spiro atoms. The molecule has 1 saturated heterocycles. The second-order valence-corrected chi connectivity index (χ2v) is 5.82. The third-order valence-electron chi connectivity index (χ3n) is 4.26. The third-order valence-corrected chi connectivity index (χ3v) is 4.26. The Labute approximate surface area is 119 Å². The molecule has 2 aliphatic heterocycles. The fraction of sp³-hybridized carbons (Fsp3) is 0.786. The first-order valence-electron chi connectivity index (χ1n) is 7.71. The van der Waals surface area contributed by atoms with E-state index < -0.39 is 0 Å².